The number of fused-ring (bicyclic) bond motifs is 1. The van der Waals surface area contributed by atoms with E-state index in [2.05, 4.69) is 90.8 Å². The smallest absolute Gasteiger partial charge is 0.336 e. The van der Waals surface area contributed by atoms with E-state index in [4.69, 9.17) is 0 Å². The molecule has 0 N–H and O–H groups in total. The molecule has 4 nitrogen and oxygen atoms in total. The summed E-state index contributed by atoms with van der Waals surface area (Å²) in [5.41, 5.74) is 4.46. The number of benzene rings is 2. The van der Waals surface area contributed by atoms with Crippen molar-refractivity contribution in [1.29, 1.82) is 0 Å². The molecule has 2 aromatic carbocycles. The maximum absolute atomic E-state index is 4.61. The summed E-state index contributed by atoms with van der Waals surface area (Å²) in [7, 11) is 2.06. The van der Waals surface area contributed by atoms with Crippen molar-refractivity contribution in [2.45, 2.75) is 33.1 Å². The summed E-state index contributed by atoms with van der Waals surface area (Å²) in [6, 6.07) is 16.8. The summed E-state index contributed by atoms with van der Waals surface area (Å²) in [4.78, 5) is 2.32. The highest BCUT2D eigenvalue weighted by Crippen LogP contribution is 2.39. The van der Waals surface area contributed by atoms with Crippen molar-refractivity contribution < 1.29 is 4.58 Å². The standard InChI is InChI=1S/C21H27N4/c1-6-25(7-2)17-14-12-16(13-15-17)22-23-20-21(3,4)18-10-8-9-11-19(18)24(20)5/h8-15H,6-7H2,1-5H3/q+1. The van der Waals surface area contributed by atoms with E-state index in [-0.39, 0.29) is 5.41 Å². The summed E-state index contributed by atoms with van der Waals surface area (Å²) < 4.78 is 2.14. The number of para-hydroxylation sites is 1. The average molecular weight is 335 g/mol. The number of azo groups is 1. The van der Waals surface area contributed by atoms with Crippen molar-refractivity contribution in [3.05, 3.63) is 54.1 Å². The van der Waals surface area contributed by atoms with Crippen LogP contribution in [0.4, 0.5) is 17.1 Å². The van der Waals surface area contributed by atoms with Crippen LogP contribution in [0.3, 0.4) is 0 Å². The predicted molar refractivity (Wildman–Crippen MR) is 105 cm³/mol. The molecule has 130 valence electrons. The van der Waals surface area contributed by atoms with Gasteiger partial charge in [-0.25, -0.2) is 4.58 Å². The van der Waals surface area contributed by atoms with Crippen molar-refractivity contribution in [2.24, 2.45) is 10.2 Å². The van der Waals surface area contributed by atoms with Gasteiger partial charge in [-0.3, -0.25) is 0 Å². The topological polar surface area (TPSA) is 31.0 Å². The molecule has 0 aromatic heterocycles. The molecular weight excluding hydrogens is 308 g/mol. The minimum atomic E-state index is -0.143. The molecule has 0 spiro atoms. The molecule has 0 saturated heterocycles. The Bertz CT molecular complexity index is 812. The third-order valence-corrected chi connectivity index (χ3v) is 5.05. The van der Waals surface area contributed by atoms with E-state index in [0.29, 0.717) is 0 Å². The second-order valence-electron chi connectivity index (χ2n) is 6.91. The summed E-state index contributed by atoms with van der Waals surface area (Å²) in [5.74, 6) is 0.974. The largest absolute Gasteiger partial charge is 0.372 e. The van der Waals surface area contributed by atoms with Crippen LogP contribution >= 0.6 is 0 Å². The van der Waals surface area contributed by atoms with Gasteiger partial charge in [0.2, 0.25) is 0 Å². The van der Waals surface area contributed by atoms with Crippen LogP contribution in [0.2, 0.25) is 0 Å². The van der Waals surface area contributed by atoms with Crippen molar-refractivity contribution in [1.82, 2.24) is 0 Å². The third-order valence-electron chi connectivity index (χ3n) is 5.05. The van der Waals surface area contributed by atoms with Crippen LogP contribution in [0, 0.1) is 0 Å². The summed E-state index contributed by atoms with van der Waals surface area (Å²) in [6.07, 6.45) is 0. The van der Waals surface area contributed by atoms with Crippen LogP contribution < -0.4 is 4.90 Å². The highest BCUT2D eigenvalue weighted by Gasteiger charge is 2.44. The molecule has 0 bridgehead atoms. The zero-order chi connectivity index (χ0) is 18.0. The molecule has 0 saturated carbocycles. The van der Waals surface area contributed by atoms with E-state index in [9.17, 15) is 0 Å². The molecule has 1 heterocycles. The Hall–Kier alpha value is -2.49. The Balaban J connectivity index is 1.87. The quantitative estimate of drug-likeness (QED) is 0.552. The SMILES string of the molecule is CCN(CC)c1ccc(/N=N/C2=[N+](C)c3ccccc3C2(C)C)cc1. The van der Waals surface area contributed by atoms with E-state index >= 15 is 0 Å². The Kier molecular flexibility index (Phi) is 4.71. The molecule has 2 aromatic rings. The molecule has 25 heavy (non-hydrogen) atoms. The number of nitrogens with zero attached hydrogens (tertiary/aromatic N) is 4. The molecule has 0 radical (unpaired) electrons. The van der Waals surface area contributed by atoms with Crippen LogP contribution in [0.15, 0.2) is 58.8 Å². The lowest BCUT2D eigenvalue weighted by Gasteiger charge is -2.20. The fourth-order valence-electron chi connectivity index (χ4n) is 3.56. The first kappa shape index (κ1) is 17.3. The molecule has 1 aliphatic rings. The second-order valence-corrected chi connectivity index (χ2v) is 6.91. The van der Waals surface area contributed by atoms with Gasteiger partial charge in [0.15, 0.2) is 0 Å². The van der Waals surface area contributed by atoms with Crippen LogP contribution in [0.25, 0.3) is 0 Å². The van der Waals surface area contributed by atoms with Gasteiger partial charge < -0.3 is 4.90 Å². The molecule has 4 heteroatoms. The fraction of sp³-hybridized carbons (Fsp3) is 0.381. The zero-order valence-electron chi connectivity index (χ0n) is 15.8. The van der Waals surface area contributed by atoms with Crippen molar-refractivity contribution in [2.75, 3.05) is 25.0 Å². The second kappa shape index (κ2) is 6.79. The lowest BCUT2D eigenvalue weighted by molar-refractivity contribution is -0.403. The van der Waals surface area contributed by atoms with E-state index < -0.39 is 0 Å². The van der Waals surface area contributed by atoms with E-state index in [0.717, 1.165) is 24.6 Å². The van der Waals surface area contributed by atoms with Crippen LogP contribution in [-0.4, -0.2) is 30.5 Å². The third kappa shape index (κ3) is 3.09. The first-order valence-electron chi connectivity index (χ1n) is 8.96. The fourth-order valence-corrected chi connectivity index (χ4v) is 3.56. The normalized spacial score (nSPS) is 15.7. The van der Waals surface area contributed by atoms with E-state index in [1.807, 2.05) is 12.1 Å². The number of anilines is 1. The highest BCUT2D eigenvalue weighted by molar-refractivity contribution is 5.93. The molecule has 0 unspecified atom stereocenters. The molecule has 0 fully saturated rings. The number of hydrogen-bond acceptors (Lipinski definition) is 3. The zero-order valence-corrected chi connectivity index (χ0v) is 15.8. The molecule has 0 atom stereocenters. The average Bonchev–Trinajstić information content (AvgIpc) is 2.82. The van der Waals surface area contributed by atoms with Crippen LogP contribution in [-0.2, 0) is 5.41 Å². The predicted octanol–water partition coefficient (Wildman–Crippen LogP) is 5.28. The number of amidine groups is 1. The van der Waals surface area contributed by atoms with Crippen molar-refractivity contribution in [3.8, 4) is 0 Å². The molecule has 0 amide bonds. The van der Waals surface area contributed by atoms with Gasteiger partial charge in [-0.15, -0.1) is 0 Å². The Morgan fingerprint density at radius 3 is 2.16 bits per heavy atom. The van der Waals surface area contributed by atoms with Crippen molar-refractivity contribution in [3.63, 3.8) is 0 Å². The molecular formula is C21H27N4+. The van der Waals surface area contributed by atoms with E-state index in [1.165, 1.54) is 16.9 Å². The Labute approximate surface area is 150 Å². The first-order chi connectivity index (χ1) is 12.0. The molecule has 3 rings (SSSR count). The van der Waals surface area contributed by atoms with Crippen LogP contribution in [0.5, 0.6) is 0 Å². The minimum absolute atomic E-state index is 0.143. The van der Waals surface area contributed by atoms with Gasteiger partial charge in [0.1, 0.15) is 16.8 Å². The summed E-state index contributed by atoms with van der Waals surface area (Å²) >= 11 is 0. The van der Waals surface area contributed by atoms with Gasteiger partial charge >= 0.3 is 5.84 Å². The summed E-state index contributed by atoms with van der Waals surface area (Å²) in [6.45, 7) is 10.8. The van der Waals surface area contributed by atoms with Gasteiger partial charge in [-0.1, -0.05) is 18.2 Å². The Morgan fingerprint density at radius 1 is 0.920 bits per heavy atom. The van der Waals surface area contributed by atoms with Gasteiger partial charge in [-0.05, 0) is 63.1 Å². The maximum Gasteiger partial charge on any atom is 0.336 e. The Morgan fingerprint density at radius 2 is 1.56 bits per heavy atom. The van der Waals surface area contributed by atoms with E-state index in [1.54, 1.807) is 0 Å². The van der Waals surface area contributed by atoms with Gasteiger partial charge in [0.25, 0.3) is 0 Å². The number of rotatable bonds is 4. The van der Waals surface area contributed by atoms with Gasteiger partial charge in [-0.2, -0.15) is 0 Å². The molecule has 1 aliphatic heterocycles. The summed E-state index contributed by atoms with van der Waals surface area (Å²) in [5, 5.41) is 9.11. The van der Waals surface area contributed by atoms with Gasteiger partial charge in [0.05, 0.1) is 12.2 Å². The monoisotopic (exact) mass is 335 g/mol. The lowest BCUT2D eigenvalue weighted by atomic mass is 9.85. The van der Waals surface area contributed by atoms with Crippen LogP contribution in [0.1, 0.15) is 33.3 Å². The highest BCUT2D eigenvalue weighted by atomic mass is 15.2. The first-order valence-corrected chi connectivity index (χ1v) is 8.96. The van der Waals surface area contributed by atoms with Crippen molar-refractivity contribution >= 4 is 22.9 Å². The number of hydrogen-bond donors (Lipinski definition) is 0. The minimum Gasteiger partial charge on any atom is -0.372 e. The molecule has 0 aliphatic carbocycles. The van der Waals surface area contributed by atoms with Gasteiger partial charge in [0, 0.05) is 24.3 Å². The lowest BCUT2D eigenvalue weighted by Crippen LogP contribution is -2.26. The maximum atomic E-state index is 4.61.